The van der Waals surface area contributed by atoms with Crippen molar-refractivity contribution in [2.24, 2.45) is 0 Å². The topological polar surface area (TPSA) is 71.3 Å². The van der Waals surface area contributed by atoms with Gasteiger partial charge in [0, 0.05) is 29.6 Å². The number of hydrogen-bond donors (Lipinski definition) is 1. The van der Waals surface area contributed by atoms with E-state index in [4.69, 9.17) is 9.51 Å². The summed E-state index contributed by atoms with van der Waals surface area (Å²) in [5.74, 6) is -0.112. The first-order chi connectivity index (χ1) is 14.0. The van der Waals surface area contributed by atoms with E-state index in [9.17, 15) is 4.79 Å². The van der Waals surface area contributed by atoms with Crippen LogP contribution in [-0.2, 0) is 0 Å². The van der Waals surface area contributed by atoms with Gasteiger partial charge in [-0.25, -0.2) is 4.98 Å². The van der Waals surface area contributed by atoms with Crippen molar-refractivity contribution in [2.45, 2.75) is 6.92 Å². The number of carbonyl (C=O) groups is 1. The van der Waals surface area contributed by atoms with Crippen LogP contribution in [-0.4, -0.2) is 48.1 Å². The van der Waals surface area contributed by atoms with Gasteiger partial charge in [0.05, 0.1) is 5.39 Å². The Labute approximate surface area is 173 Å². The van der Waals surface area contributed by atoms with E-state index >= 15 is 0 Å². The van der Waals surface area contributed by atoms with Crippen molar-refractivity contribution in [1.82, 2.24) is 20.4 Å². The fourth-order valence-corrected chi connectivity index (χ4v) is 3.78. The van der Waals surface area contributed by atoms with Gasteiger partial charge in [-0.1, -0.05) is 35.0 Å². The molecule has 0 aliphatic rings. The van der Waals surface area contributed by atoms with E-state index in [1.165, 1.54) is 5.56 Å². The van der Waals surface area contributed by atoms with Crippen molar-refractivity contribution in [1.29, 1.82) is 0 Å². The van der Waals surface area contributed by atoms with E-state index in [0.717, 1.165) is 28.2 Å². The van der Waals surface area contributed by atoms with Gasteiger partial charge in [0.1, 0.15) is 16.4 Å². The Hall–Kier alpha value is -3.03. The number of benzene rings is 2. The molecule has 4 aromatic rings. The minimum absolute atomic E-state index is 0.112. The van der Waals surface area contributed by atoms with Gasteiger partial charge in [0.15, 0.2) is 5.58 Å². The number of aryl methyl sites for hydroxylation is 1. The fourth-order valence-electron chi connectivity index (χ4n) is 2.97. The summed E-state index contributed by atoms with van der Waals surface area (Å²) >= 11 is 1.56. The quantitative estimate of drug-likeness (QED) is 0.519. The second kappa shape index (κ2) is 8.14. The zero-order valence-electron chi connectivity index (χ0n) is 16.6. The van der Waals surface area contributed by atoms with Crippen LogP contribution in [0.25, 0.3) is 32.9 Å². The number of fused-ring (bicyclic) bond motifs is 1. The van der Waals surface area contributed by atoms with E-state index in [1.54, 1.807) is 23.5 Å². The third kappa shape index (κ3) is 4.21. The monoisotopic (exact) mass is 406 g/mol. The molecule has 0 saturated heterocycles. The van der Waals surface area contributed by atoms with Crippen LogP contribution in [0.2, 0.25) is 0 Å². The highest BCUT2D eigenvalue weighted by Gasteiger charge is 2.16. The largest absolute Gasteiger partial charge is 0.356 e. The summed E-state index contributed by atoms with van der Waals surface area (Å²) in [5, 5.41) is 10.8. The van der Waals surface area contributed by atoms with Crippen molar-refractivity contribution in [3.63, 3.8) is 0 Å². The number of thiazole rings is 1. The molecule has 0 atom stereocenters. The van der Waals surface area contributed by atoms with Crippen LogP contribution in [0.3, 0.4) is 0 Å². The standard InChI is InChI=1S/C22H22N4O2S/c1-14-4-6-15(7-5-14)22-24-18(13-29-22)20-17-12-16(8-9-19(17)28-25-20)21(27)23-10-11-26(2)3/h4-9,12-13H,10-11H2,1-3H3,(H,23,27). The number of carbonyl (C=O) groups excluding carboxylic acids is 1. The van der Waals surface area contributed by atoms with Gasteiger partial charge in [0.25, 0.3) is 5.91 Å². The van der Waals surface area contributed by atoms with Crippen molar-refractivity contribution < 1.29 is 9.32 Å². The average molecular weight is 407 g/mol. The maximum absolute atomic E-state index is 12.5. The molecular weight excluding hydrogens is 384 g/mol. The molecule has 2 aromatic heterocycles. The summed E-state index contributed by atoms with van der Waals surface area (Å²) in [6.45, 7) is 3.44. The highest BCUT2D eigenvalue weighted by molar-refractivity contribution is 7.13. The molecule has 0 saturated carbocycles. The van der Waals surface area contributed by atoms with Gasteiger partial charge >= 0.3 is 0 Å². The Morgan fingerprint density at radius 1 is 1.17 bits per heavy atom. The summed E-state index contributed by atoms with van der Waals surface area (Å²) in [6.07, 6.45) is 0. The molecular formula is C22H22N4O2S. The Bertz CT molecular complexity index is 1150. The molecule has 6 nitrogen and oxygen atoms in total. The minimum Gasteiger partial charge on any atom is -0.356 e. The highest BCUT2D eigenvalue weighted by Crippen LogP contribution is 2.32. The van der Waals surface area contributed by atoms with Crippen LogP contribution in [0, 0.1) is 6.92 Å². The molecule has 0 aliphatic carbocycles. The lowest BCUT2D eigenvalue weighted by atomic mass is 10.1. The van der Waals surface area contributed by atoms with Crippen LogP contribution in [0.15, 0.2) is 52.4 Å². The third-order valence-corrected chi connectivity index (χ3v) is 5.51. The second-order valence-electron chi connectivity index (χ2n) is 7.21. The van der Waals surface area contributed by atoms with Gasteiger partial charge in [-0.15, -0.1) is 11.3 Å². The molecule has 7 heteroatoms. The van der Waals surface area contributed by atoms with E-state index in [1.807, 2.05) is 30.4 Å². The van der Waals surface area contributed by atoms with Crippen LogP contribution < -0.4 is 5.32 Å². The van der Waals surface area contributed by atoms with Crippen LogP contribution >= 0.6 is 11.3 Å². The first kappa shape index (κ1) is 19.3. The molecule has 0 unspecified atom stereocenters. The Kier molecular flexibility index (Phi) is 5.42. The van der Waals surface area contributed by atoms with E-state index in [-0.39, 0.29) is 5.91 Å². The lowest BCUT2D eigenvalue weighted by Gasteiger charge is -2.10. The molecule has 0 radical (unpaired) electrons. The predicted molar refractivity (Wildman–Crippen MR) is 116 cm³/mol. The molecule has 148 valence electrons. The van der Waals surface area contributed by atoms with Gasteiger partial charge in [-0.2, -0.15) is 0 Å². The molecule has 1 amide bonds. The van der Waals surface area contributed by atoms with Crippen molar-refractivity contribution in [3.8, 4) is 22.0 Å². The molecule has 29 heavy (non-hydrogen) atoms. The lowest BCUT2D eigenvalue weighted by Crippen LogP contribution is -2.31. The normalized spacial score (nSPS) is 11.3. The summed E-state index contributed by atoms with van der Waals surface area (Å²) in [7, 11) is 3.95. The number of nitrogens with zero attached hydrogens (tertiary/aromatic N) is 3. The molecule has 2 aromatic carbocycles. The van der Waals surface area contributed by atoms with Crippen molar-refractivity contribution in [3.05, 3.63) is 59.0 Å². The maximum atomic E-state index is 12.5. The van der Waals surface area contributed by atoms with Gasteiger partial charge < -0.3 is 14.7 Å². The molecule has 4 rings (SSSR count). The lowest BCUT2D eigenvalue weighted by molar-refractivity contribution is 0.0951. The first-order valence-corrected chi connectivity index (χ1v) is 10.2. The summed E-state index contributed by atoms with van der Waals surface area (Å²) in [4.78, 5) is 19.2. The average Bonchev–Trinajstić information content (AvgIpc) is 3.34. The minimum atomic E-state index is -0.112. The fraction of sp³-hybridized carbons (Fsp3) is 0.227. The SMILES string of the molecule is Cc1ccc(-c2nc(-c3noc4ccc(C(=O)NCCN(C)C)cc34)cs2)cc1. The summed E-state index contributed by atoms with van der Waals surface area (Å²) < 4.78 is 5.46. The number of aromatic nitrogens is 2. The summed E-state index contributed by atoms with van der Waals surface area (Å²) in [5.41, 5.74) is 4.89. The molecule has 0 fully saturated rings. The second-order valence-corrected chi connectivity index (χ2v) is 8.06. The van der Waals surface area contributed by atoms with Crippen LogP contribution in [0.5, 0.6) is 0 Å². The highest BCUT2D eigenvalue weighted by atomic mass is 32.1. The Balaban J connectivity index is 1.61. The number of rotatable bonds is 6. The molecule has 0 spiro atoms. The summed E-state index contributed by atoms with van der Waals surface area (Å²) in [6, 6.07) is 13.6. The molecule has 0 bridgehead atoms. The van der Waals surface area contributed by atoms with Crippen LogP contribution in [0.4, 0.5) is 0 Å². The molecule has 1 N–H and O–H groups in total. The van der Waals surface area contributed by atoms with Crippen molar-refractivity contribution in [2.75, 3.05) is 27.2 Å². The van der Waals surface area contributed by atoms with Crippen LogP contribution in [0.1, 0.15) is 15.9 Å². The maximum Gasteiger partial charge on any atom is 0.251 e. The number of hydrogen-bond acceptors (Lipinski definition) is 6. The number of nitrogens with one attached hydrogen (secondary N) is 1. The van der Waals surface area contributed by atoms with E-state index in [2.05, 4.69) is 41.7 Å². The van der Waals surface area contributed by atoms with Gasteiger partial charge in [-0.05, 0) is 39.2 Å². The smallest absolute Gasteiger partial charge is 0.251 e. The Morgan fingerprint density at radius 3 is 2.72 bits per heavy atom. The zero-order valence-corrected chi connectivity index (χ0v) is 17.4. The zero-order chi connectivity index (χ0) is 20.4. The number of likely N-dealkylation sites (N-methyl/N-ethyl adjacent to an activating group) is 1. The number of amides is 1. The molecule has 0 aliphatic heterocycles. The van der Waals surface area contributed by atoms with Gasteiger partial charge in [-0.3, -0.25) is 4.79 Å². The van der Waals surface area contributed by atoms with Crippen molar-refractivity contribution >= 4 is 28.2 Å². The molecule has 2 heterocycles. The first-order valence-electron chi connectivity index (χ1n) is 9.36. The Morgan fingerprint density at radius 2 is 1.97 bits per heavy atom. The van der Waals surface area contributed by atoms with Gasteiger partial charge in [0.2, 0.25) is 0 Å². The predicted octanol–water partition coefficient (Wildman–Crippen LogP) is 4.22. The third-order valence-electron chi connectivity index (χ3n) is 4.62. The van der Waals surface area contributed by atoms with E-state index in [0.29, 0.717) is 23.4 Å². The van der Waals surface area contributed by atoms with E-state index < -0.39 is 0 Å².